The van der Waals surface area contributed by atoms with Crippen molar-refractivity contribution < 1.29 is 4.74 Å². The number of aromatic amines is 1. The molecule has 1 saturated heterocycles. The van der Waals surface area contributed by atoms with Crippen molar-refractivity contribution in [3.63, 3.8) is 0 Å². The summed E-state index contributed by atoms with van der Waals surface area (Å²) in [5.41, 5.74) is 2.15. The zero-order chi connectivity index (χ0) is 12.5. The zero-order valence-electron chi connectivity index (χ0n) is 10.3. The molecule has 1 aromatic heterocycles. The van der Waals surface area contributed by atoms with Gasteiger partial charge in [-0.05, 0) is 42.9 Å². The number of nitrogens with zero attached hydrogens (tertiary/aromatic N) is 1. The number of imidazole rings is 1. The predicted molar refractivity (Wildman–Crippen MR) is 79.2 cm³/mol. The van der Waals surface area contributed by atoms with E-state index >= 15 is 0 Å². The molecule has 0 spiro atoms. The molecule has 18 heavy (non-hydrogen) atoms. The smallest absolute Gasteiger partial charge is 0.178 e. The van der Waals surface area contributed by atoms with Crippen molar-refractivity contribution in [3.8, 4) is 5.75 Å². The fourth-order valence-corrected chi connectivity index (χ4v) is 4.03. The molecule has 1 fully saturated rings. The van der Waals surface area contributed by atoms with E-state index in [0.717, 1.165) is 28.1 Å². The van der Waals surface area contributed by atoms with Crippen molar-refractivity contribution in [1.29, 1.82) is 0 Å². The maximum atomic E-state index is 5.44. The summed E-state index contributed by atoms with van der Waals surface area (Å²) >= 11 is 7.49. The molecule has 1 unspecified atom stereocenters. The van der Waals surface area contributed by atoms with Gasteiger partial charge in [0, 0.05) is 11.8 Å². The van der Waals surface area contributed by atoms with Gasteiger partial charge < -0.3 is 14.3 Å². The highest BCUT2D eigenvalue weighted by atomic mass is 32.2. The minimum absolute atomic E-state index is 0.696. The Kier molecular flexibility index (Phi) is 3.35. The third kappa shape index (κ3) is 2.06. The monoisotopic (exact) mass is 280 g/mol. The molecule has 1 aliphatic heterocycles. The molecule has 0 amide bonds. The van der Waals surface area contributed by atoms with Crippen LogP contribution in [-0.2, 0) is 6.54 Å². The highest BCUT2D eigenvalue weighted by Gasteiger charge is 2.18. The third-order valence-corrected chi connectivity index (χ3v) is 5.11. The highest BCUT2D eigenvalue weighted by Crippen LogP contribution is 2.30. The first kappa shape index (κ1) is 12.1. The number of nitrogens with one attached hydrogen (secondary N) is 1. The van der Waals surface area contributed by atoms with E-state index in [0.29, 0.717) is 5.25 Å². The Hall–Kier alpha value is -0.940. The number of thioether (sulfide) groups is 1. The molecule has 3 rings (SSSR count). The van der Waals surface area contributed by atoms with Gasteiger partial charge in [0.05, 0.1) is 12.6 Å². The van der Waals surface area contributed by atoms with Gasteiger partial charge >= 0.3 is 0 Å². The summed E-state index contributed by atoms with van der Waals surface area (Å²) in [6.07, 6.45) is 2.62. The number of fused-ring (bicyclic) bond motifs is 1. The molecule has 1 aliphatic rings. The summed E-state index contributed by atoms with van der Waals surface area (Å²) in [6.45, 7) is 0.997. The van der Waals surface area contributed by atoms with Crippen LogP contribution in [0.2, 0.25) is 0 Å². The van der Waals surface area contributed by atoms with Crippen LogP contribution in [0.25, 0.3) is 11.0 Å². The number of benzene rings is 1. The fourth-order valence-electron chi connectivity index (χ4n) is 2.50. The molecule has 96 valence electrons. The number of hydrogen-bond acceptors (Lipinski definition) is 3. The van der Waals surface area contributed by atoms with Gasteiger partial charge in [-0.1, -0.05) is 6.07 Å². The average molecular weight is 280 g/mol. The van der Waals surface area contributed by atoms with Crippen molar-refractivity contribution in [2.45, 2.75) is 24.6 Å². The van der Waals surface area contributed by atoms with E-state index in [4.69, 9.17) is 17.0 Å². The van der Waals surface area contributed by atoms with Crippen molar-refractivity contribution in [2.75, 3.05) is 12.9 Å². The van der Waals surface area contributed by atoms with Crippen LogP contribution in [0.1, 0.15) is 12.8 Å². The summed E-state index contributed by atoms with van der Waals surface area (Å²) in [5.74, 6) is 2.14. The van der Waals surface area contributed by atoms with Gasteiger partial charge in [0.25, 0.3) is 0 Å². The largest absolute Gasteiger partial charge is 0.494 e. The molecule has 0 radical (unpaired) electrons. The minimum Gasteiger partial charge on any atom is -0.494 e. The lowest BCUT2D eigenvalue weighted by molar-refractivity contribution is 0.419. The van der Waals surface area contributed by atoms with Gasteiger partial charge in [-0.25, -0.2) is 0 Å². The van der Waals surface area contributed by atoms with Crippen molar-refractivity contribution >= 4 is 35.0 Å². The number of rotatable bonds is 3. The minimum atomic E-state index is 0.696. The Balaban J connectivity index is 2.05. The molecule has 1 N–H and O–H groups in total. The molecular weight excluding hydrogens is 264 g/mol. The average Bonchev–Trinajstić information content (AvgIpc) is 2.99. The van der Waals surface area contributed by atoms with Crippen LogP contribution in [0.15, 0.2) is 18.2 Å². The van der Waals surface area contributed by atoms with Gasteiger partial charge in [0.15, 0.2) is 4.77 Å². The van der Waals surface area contributed by atoms with Crippen LogP contribution in [-0.4, -0.2) is 27.7 Å². The molecule has 1 atom stereocenters. The van der Waals surface area contributed by atoms with E-state index < -0.39 is 0 Å². The van der Waals surface area contributed by atoms with E-state index in [1.54, 1.807) is 7.11 Å². The molecular formula is C13H16N2OS2. The second-order valence-corrected chi connectivity index (χ2v) is 6.33. The normalized spacial score (nSPS) is 19.5. The van der Waals surface area contributed by atoms with Gasteiger partial charge in [-0.2, -0.15) is 11.8 Å². The maximum Gasteiger partial charge on any atom is 0.178 e. The lowest BCUT2D eigenvalue weighted by Crippen LogP contribution is -2.09. The second kappa shape index (κ2) is 4.97. The summed E-state index contributed by atoms with van der Waals surface area (Å²) in [4.78, 5) is 3.26. The Labute approximate surface area is 116 Å². The van der Waals surface area contributed by atoms with Crippen molar-refractivity contribution in [1.82, 2.24) is 9.55 Å². The van der Waals surface area contributed by atoms with Gasteiger partial charge in [-0.3, -0.25) is 0 Å². The first-order valence-corrected chi connectivity index (χ1v) is 7.62. The fraction of sp³-hybridized carbons (Fsp3) is 0.462. The summed E-state index contributed by atoms with van der Waals surface area (Å²) in [6, 6.07) is 6.08. The first-order chi connectivity index (χ1) is 8.79. The lowest BCUT2D eigenvalue weighted by Gasteiger charge is -2.10. The Morgan fingerprint density at radius 1 is 1.56 bits per heavy atom. The summed E-state index contributed by atoms with van der Waals surface area (Å²) < 4.78 is 8.37. The standard InChI is InChI=1S/C13H16N2OS2/c1-16-11-6-2-5-10-12(11)14-13(17)15(10)8-9-4-3-7-18-9/h2,5-6,9H,3-4,7-8H2,1H3,(H,14,17). The predicted octanol–water partition coefficient (Wildman–Crippen LogP) is 3.60. The topological polar surface area (TPSA) is 29.9 Å². The molecule has 1 aromatic carbocycles. The van der Waals surface area contributed by atoms with Crippen LogP contribution in [0.5, 0.6) is 5.75 Å². The molecule has 2 aromatic rings. The number of aromatic nitrogens is 2. The maximum absolute atomic E-state index is 5.44. The summed E-state index contributed by atoms with van der Waals surface area (Å²) in [5, 5.41) is 0.696. The van der Waals surface area contributed by atoms with Crippen molar-refractivity contribution in [3.05, 3.63) is 23.0 Å². The zero-order valence-corrected chi connectivity index (χ0v) is 11.9. The second-order valence-electron chi connectivity index (χ2n) is 4.53. The van der Waals surface area contributed by atoms with Gasteiger partial charge in [0.2, 0.25) is 0 Å². The van der Waals surface area contributed by atoms with Crippen LogP contribution in [0.3, 0.4) is 0 Å². The molecule has 2 heterocycles. The highest BCUT2D eigenvalue weighted by molar-refractivity contribution is 8.00. The van der Waals surface area contributed by atoms with Gasteiger partial charge in [-0.15, -0.1) is 0 Å². The van der Waals surface area contributed by atoms with Crippen LogP contribution >= 0.6 is 24.0 Å². The van der Waals surface area contributed by atoms with Gasteiger partial charge in [0.1, 0.15) is 11.3 Å². The molecule has 5 heteroatoms. The number of hydrogen-bond donors (Lipinski definition) is 1. The number of ether oxygens (including phenoxy) is 1. The molecule has 0 saturated carbocycles. The number of H-pyrrole nitrogens is 1. The van der Waals surface area contributed by atoms with E-state index in [1.165, 1.54) is 18.6 Å². The molecule has 3 nitrogen and oxygen atoms in total. The Morgan fingerprint density at radius 3 is 3.17 bits per heavy atom. The third-order valence-electron chi connectivity index (χ3n) is 3.40. The summed E-state index contributed by atoms with van der Waals surface area (Å²) in [7, 11) is 1.69. The van der Waals surface area contributed by atoms with E-state index in [-0.39, 0.29) is 0 Å². The van der Waals surface area contributed by atoms with Crippen LogP contribution in [0.4, 0.5) is 0 Å². The van der Waals surface area contributed by atoms with Crippen LogP contribution < -0.4 is 4.74 Å². The van der Waals surface area contributed by atoms with Crippen LogP contribution in [0, 0.1) is 4.77 Å². The Morgan fingerprint density at radius 2 is 2.44 bits per heavy atom. The quantitative estimate of drug-likeness (QED) is 0.871. The van der Waals surface area contributed by atoms with E-state index in [2.05, 4.69) is 27.4 Å². The molecule has 0 aliphatic carbocycles. The lowest BCUT2D eigenvalue weighted by atomic mass is 10.2. The van der Waals surface area contributed by atoms with Crippen molar-refractivity contribution in [2.24, 2.45) is 0 Å². The van der Waals surface area contributed by atoms with E-state index in [9.17, 15) is 0 Å². The SMILES string of the molecule is COc1cccc2c1[nH]c(=S)n2CC1CCCS1. The van der Waals surface area contributed by atoms with E-state index in [1.807, 2.05) is 12.1 Å². The Bertz CT molecular complexity index is 611. The molecule has 0 bridgehead atoms. The number of para-hydroxylation sites is 1. The first-order valence-electron chi connectivity index (χ1n) is 6.16. The number of methoxy groups -OCH3 is 1.